The van der Waals surface area contributed by atoms with Gasteiger partial charge in [0.25, 0.3) is 5.89 Å². The van der Waals surface area contributed by atoms with E-state index < -0.39 is 0 Å². The molecule has 25 heavy (non-hydrogen) atoms. The summed E-state index contributed by atoms with van der Waals surface area (Å²) in [5.41, 5.74) is 2.43. The van der Waals surface area contributed by atoms with Gasteiger partial charge in [-0.2, -0.15) is 4.98 Å². The smallest absolute Gasteiger partial charge is 0.262 e. The first kappa shape index (κ1) is 15.1. The van der Waals surface area contributed by atoms with Crippen LogP contribution in [0.15, 0.2) is 65.3 Å². The minimum absolute atomic E-state index is 0.380. The number of aromatic nitrogens is 5. The number of hydrogen-bond acceptors (Lipinski definition) is 6. The lowest BCUT2D eigenvalue weighted by molar-refractivity contribution is 0.405. The van der Waals surface area contributed by atoms with E-state index in [0.717, 1.165) is 11.1 Å². The van der Waals surface area contributed by atoms with Crippen LogP contribution in [0, 0.1) is 0 Å². The molecule has 0 fully saturated rings. The van der Waals surface area contributed by atoms with Crippen LogP contribution in [0.1, 0.15) is 5.56 Å². The number of methoxy groups -OCH3 is 1. The molecular weight excluding hydrogens is 318 g/mol. The van der Waals surface area contributed by atoms with Gasteiger partial charge in [-0.25, -0.2) is 4.68 Å². The Bertz CT molecular complexity index is 978. The third kappa shape index (κ3) is 3.12. The first-order chi connectivity index (χ1) is 12.3. The maximum absolute atomic E-state index is 5.36. The average Bonchev–Trinajstić information content (AvgIpc) is 3.32. The molecule has 124 valence electrons. The molecule has 0 bridgehead atoms. The SMILES string of the molecule is COc1ccccc1-c1nc(-c2cn(Cc3ccccc3)nn2)no1. The zero-order valence-electron chi connectivity index (χ0n) is 13.5. The second-order valence-corrected chi connectivity index (χ2v) is 5.41. The van der Waals surface area contributed by atoms with E-state index in [2.05, 4.69) is 20.5 Å². The number of benzene rings is 2. The second-order valence-electron chi connectivity index (χ2n) is 5.41. The van der Waals surface area contributed by atoms with Crippen LogP contribution in [0.25, 0.3) is 23.0 Å². The lowest BCUT2D eigenvalue weighted by Gasteiger charge is -2.02. The Morgan fingerprint density at radius 3 is 2.68 bits per heavy atom. The number of para-hydroxylation sites is 1. The summed E-state index contributed by atoms with van der Waals surface area (Å²) in [6.07, 6.45) is 1.80. The molecule has 7 heteroatoms. The fourth-order valence-corrected chi connectivity index (χ4v) is 2.51. The summed E-state index contributed by atoms with van der Waals surface area (Å²) in [5, 5.41) is 12.3. The van der Waals surface area contributed by atoms with Crippen molar-refractivity contribution in [2.45, 2.75) is 6.54 Å². The first-order valence-electron chi connectivity index (χ1n) is 7.75. The van der Waals surface area contributed by atoms with Crippen LogP contribution in [0.2, 0.25) is 0 Å². The molecule has 0 aliphatic rings. The zero-order valence-corrected chi connectivity index (χ0v) is 13.5. The van der Waals surface area contributed by atoms with Crippen molar-refractivity contribution in [1.29, 1.82) is 0 Å². The third-order valence-corrected chi connectivity index (χ3v) is 3.72. The Morgan fingerprint density at radius 1 is 1.04 bits per heavy atom. The van der Waals surface area contributed by atoms with E-state index in [9.17, 15) is 0 Å². The number of ether oxygens (including phenoxy) is 1. The summed E-state index contributed by atoms with van der Waals surface area (Å²) in [4.78, 5) is 4.41. The summed E-state index contributed by atoms with van der Waals surface area (Å²) in [6.45, 7) is 0.630. The molecular formula is C18H15N5O2. The van der Waals surface area contributed by atoms with Crippen LogP contribution in [-0.4, -0.2) is 32.2 Å². The van der Waals surface area contributed by atoms with E-state index in [1.165, 1.54) is 0 Å². The highest BCUT2D eigenvalue weighted by molar-refractivity contribution is 5.64. The van der Waals surface area contributed by atoms with Crippen LogP contribution in [0.3, 0.4) is 0 Å². The predicted octanol–water partition coefficient (Wildman–Crippen LogP) is 3.05. The average molecular weight is 333 g/mol. The highest BCUT2D eigenvalue weighted by Crippen LogP contribution is 2.29. The topological polar surface area (TPSA) is 78.9 Å². The van der Waals surface area contributed by atoms with E-state index in [4.69, 9.17) is 9.26 Å². The molecule has 4 rings (SSSR count). The van der Waals surface area contributed by atoms with Gasteiger partial charge in [-0.05, 0) is 17.7 Å². The highest BCUT2D eigenvalue weighted by Gasteiger charge is 2.16. The van der Waals surface area contributed by atoms with Crippen LogP contribution >= 0.6 is 0 Å². The minimum atomic E-state index is 0.380. The van der Waals surface area contributed by atoms with Crippen LogP contribution < -0.4 is 4.74 Å². The van der Waals surface area contributed by atoms with Crippen molar-refractivity contribution in [3.8, 4) is 28.7 Å². The van der Waals surface area contributed by atoms with Gasteiger partial charge in [0.1, 0.15) is 5.75 Å². The Morgan fingerprint density at radius 2 is 1.84 bits per heavy atom. The molecule has 0 spiro atoms. The van der Waals surface area contributed by atoms with Crippen molar-refractivity contribution in [2.24, 2.45) is 0 Å². The molecule has 0 aliphatic heterocycles. The van der Waals surface area contributed by atoms with Crippen molar-refractivity contribution in [3.63, 3.8) is 0 Å². The molecule has 0 saturated carbocycles. The maximum atomic E-state index is 5.36. The molecule has 0 aliphatic carbocycles. The van der Waals surface area contributed by atoms with Crippen LogP contribution in [0.4, 0.5) is 0 Å². The molecule has 2 aromatic heterocycles. The largest absolute Gasteiger partial charge is 0.496 e. The normalized spacial score (nSPS) is 10.8. The van der Waals surface area contributed by atoms with Crippen molar-refractivity contribution >= 4 is 0 Å². The van der Waals surface area contributed by atoms with Gasteiger partial charge in [0.05, 0.1) is 25.4 Å². The molecule has 2 aromatic carbocycles. The van der Waals surface area contributed by atoms with Gasteiger partial charge in [0.15, 0.2) is 5.69 Å². The van der Waals surface area contributed by atoms with E-state index in [1.54, 1.807) is 18.0 Å². The van der Waals surface area contributed by atoms with Gasteiger partial charge in [-0.1, -0.05) is 52.8 Å². The van der Waals surface area contributed by atoms with Gasteiger partial charge >= 0.3 is 0 Å². The third-order valence-electron chi connectivity index (χ3n) is 3.72. The van der Waals surface area contributed by atoms with Crippen molar-refractivity contribution in [2.75, 3.05) is 7.11 Å². The van der Waals surface area contributed by atoms with Crippen LogP contribution in [0.5, 0.6) is 5.75 Å². The number of hydrogen-bond donors (Lipinski definition) is 0. The van der Waals surface area contributed by atoms with Gasteiger partial charge in [-0.3, -0.25) is 0 Å². The van der Waals surface area contributed by atoms with Gasteiger partial charge in [0, 0.05) is 0 Å². The number of nitrogens with zero attached hydrogens (tertiary/aromatic N) is 5. The maximum Gasteiger partial charge on any atom is 0.262 e. The Kier molecular flexibility index (Phi) is 3.96. The van der Waals surface area contributed by atoms with Crippen LogP contribution in [-0.2, 0) is 6.54 Å². The predicted molar refractivity (Wildman–Crippen MR) is 90.8 cm³/mol. The highest BCUT2D eigenvalue weighted by atomic mass is 16.5. The zero-order chi connectivity index (χ0) is 17.1. The second kappa shape index (κ2) is 6.56. The molecule has 4 aromatic rings. The molecule has 0 amide bonds. The quantitative estimate of drug-likeness (QED) is 0.558. The standard InChI is InChI=1S/C18H15N5O2/c1-24-16-10-6-5-9-14(16)18-19-17(21-25-18)15-12-23(22-20-15)11-13-7-3-2-4-8-13/h2-10,12H,11H2,1H3. The molecule has 0 radical (unpaired) electrons. The fraction of sp³-hybridized carbons (Fsp3) is 0.111. The Labute approximate surface area is 143 Å². The Hall–Kier alpha value is -3.48. The lowest BCUT2D eigenvalue weighted by atomic mass is 10.2. The monoisotopic (exact) mass is 333 g/mol. The van der Waals surface area contributed by atoms with Gasteiger partial charge < -0.3 is 9.26 Å². The van der Waals surface area contributed by atoms with Gasteiger partial charge in [-0.15, -0.1) is 5.10 Å². The molecule has 0 N–H and O–H groups in total. The minimum Gasteiger partial charge on any atom is -0.496 e. The van der Waals surface area contributed by atoms with E-state index >= 15 is 0 Å². The van der Waals surface area contributed by atoms with Crippen molar-refractivity contribution in [3.05, 3.63) is 66.4 Å². The van der Waals surface area contributed by atoms with Crippen molar-refractivity contribution in [1.82, 2.24) is 25.1 Å². The fourth-order valence-electron chi connectivity index (χ4n) is 2.51. The summed E-state index contributed by atoms with van der Waals surface area (Å²) in [7, 11) is 1.60. The molecule has 0 unspecified atom stereocenters. The first-order valence-corrected chi connectivity index (χ1v) is 7.75. The summed E-state index contributed by atoms with van der Waals surface area (Å²) in [5.74, 6) is 1.44. The molecule has 7 nitrogen and oxygen atoms in total. The molecule has 0 atom stereocenters. The lowest BCUT2D eigenvalue weighted by Crippen LogP contribution is -1.99. The van der Waals surface area contributed by atoms with Gasteiger partial charge in [0.2, 0.25) is 5.82 Å². The Balaban J connectivity index is 1.58. The van der Waals surface area contributed by atoms with Crippen molar-refractivity contribution < 1.29 is 9.26 Å². The van der Waals surface area contributed by atoms with E-state index in [0.29, 0.717) is 29.7 Å². The number of rotatable bonds is 5. The molecule has 0 saturated heterocycles. The van der Waals surface area contributed by atoms with E-state index in [1.807, 2.05) is 54.6 Å². The van der Waals surface area contributed by atoms with E-state index in [-0.39, 0.29) is 0 Å². The summed E-state index contributed by atoms with van der Waals surface area (Å²) in [6, 6.07) is 17.5. The summed E-state index contributed by atoms with van der Waals surface area (Å²) < 4.78 is 12.4. The summed E-state index contributed by atoms with van der Waals surface area (Å²) >= 11 is 0. The molecule has 2 heterocycles.